The van der Waals surface area contributed by atoms with E-state index in [-0.39, 0.29) is 5.92 Å². The van der Waals surface area contributed by atoms with Crippen LogP contribution in [0.3, 0.4) is 0 Å². The molecule has 0 fully saturated rings. The second kappa shape index (κ2) is 6.71. The van der Waals surface area contributed by atoms with E-state index in [9.17, 15) is 9.59 Å². The van der Waals surface area contributed by atoms with Gasteiger partial charge in [-0.2, -0.15) is 0 Å². The molecule has 3 amide bonds. The number of amides is 3. The maximum absolute atomic E-state index is 12.0. The Kier molecular flexibility index (Phi) is 4.95. The lowest BCUT2D eigenvalue weighted by molar-refractivity contribution is -0.120. The molecule has 3 N–H and O–H groups in total. The van der Waals surface area contributed by atoms with Gasteiger partial charge in [0.2, 0.25) is 5.91 Å². The molecule has 0 saturated carbocycles. The van der Waals surface area contributed by atoms with Crippen molar-refractivity contribution in [3.63, 3.8) is 0 Å². The fourth-order valence-corrected chi connectivity index (χ4v) is 2.98. The summed E-state index contributed by atoms with van der Waals surface area (Å²) < 4.78 is 11.0. The number of carbonyl (C=O) groups excluding carboxylic acids is 2. The molecule has 21 heavy (non-hydrogen) atoms. The molecular formula is C14H18N2O4S. The first kappa shape index (κ1) is 15.5. The van der Waals surface area contributed by atoms with E-state index >= 15 is 0 Å². The van der Waals surface area contributed by atoms with Crippen molar-refractivity contribution in [2.24, 2.45) is 11.7 Å². The summed E-state index contributed by atoms with van der Waals surface area (Å²) in [6.45, 7) is 4.87. The largest absolute Gasteiger partial charge is 0.486 e. The molecular weight excluding hydrogens is 292 g/mol. The molecule has 114 valence electrons. The number of urea groups is 1. The van der Waals surface area contributed by atoms with Crippen molar-refractivity contribution in [1.82, 2.24) is 5.32 Å². The summed E-state index contributed by atoms with van der Waals surface area (Å²) in [6, 6.07) is 4.69. The number of nitrogens with one attached hydrogen (secondary N) is 1. The minimum absolute atomic E-state index is 0.0440. The lowest BCUT2D eigenvalue weighted by Crippen LogP contribution is -2.42. The number of nitrogens with two attached hydrogens (primary N) is 1. The quantitative estimate of drug-likeness (QED) is 0.827. The average molecular weight is 310 g/mol. The molecule has 1 aliphatic heterocycles. The Balaban J connectivity index is 2.13. The Labute approximate surface area is 127 Å². The van der Waals surface area contributed by atoms with E-state index in [1.165, 1.54) is 11.8 Å². The second-order valence-electron chi connectivity index (χ2n) is 4.94. The Morgan fingerprint density at radius 3 is 2.52 bits per heavy atom. The smallest absolute Gasteiger partial charge is 0.318 e. The molecule has 0 spiro atoms. The highest BCUT2D eigenvalue weighted by Gasteiger charge is 2.25. The molecule has 7 heteroatoms. The number of ether oxygens (including phenoxy) is 2. The predicted molar refractivity (Wildman–Crippen MR) is 79.6 cm³/mol. The third-order valence-corrected chi connectivity index (χ3v) is 4.43. The van der Waals surface area contributed by atoms with Gasteiger partial charge in [-0.15, -0.1) is 11.8 Å². The topological polar surface area (TPSA) is 90.7 Å². The van der Waals surface area contributed by atoms with Crippen molar-refractivity contribution in [2.75, 3.05) is 13.2 Å². The van der Waals surface area contributed by atoms with Gasteiger partial charge in [-0.1, -0.05) is 13.8 Å². The van der Waals surface area contributed by atoms with E-state index < -0.39 is 17.2 Å². The first-order valence-electron chi connectivity index (χ1n) is 6.64. The lowest BCUT2D eigenvalue weighted by Gasteiger charge is -2.21. The predicted octanol–water partition coefficient (Wildman–Crippen LogP) is 1.77. The number of primary amides is 1. The average Bonchev–Trinajstić information content (AvgIpc) is 2.43. The Bertz CT molecular complexity index is 548. The van der Waals surface area contributed by atoms with Gasteiger partial charge in [-0.05, 0) is 24.1 Å². The van der Waals surface area contributed by atoms with Crippen LogP contribution in [-0.2, 0) is 4.79 Å². The van der Waals surface area contributed by atoms with E-state index in [1.54, 1.807) is 0 Å². The van der Waals surface area contributed by atoms with E-state index in [4.69, 9.17) is 15.2 Å². The molecule has 0 unspecified atom stereocenters. The van der Waals surface area contributed by atoms with Gasteiger partial charge in [0.05, 0.1) is 5.25 Å². The molecule has 0 radical (unpaired) electrons. The number of hydrogen-bond donors (Lipinski definition) is 2. The van der Waals surface area contributed by atoms with Crippen molar-refractivity contribution >= 4 is 23.7 Å². The highest BCUT2D eigenvalue weighted by molar-refractivity contribution is 8.00. The van der Waals surface area contributed by atoms with Gasteiger partial charge in [0.25, 0.3) is 0 Å². The first-order chi connectivity index (χ1) is 9.97. The molecule has 6 nitrogen and oxygen atoms in total. The number of rotatable bonds is 4. The molecule has 1 atom stereocenters. The molecule has 1 heterocycles. The maximum atomic E-state index is 12.0. The van der Waals surface area contributed by atoms with Crippen LogP contribution < -0.4 is 20.5 Å². The van der Waals surface area contributed by atoms with E-state index in [0.717, 1.165) is 4.90 Å². The number of carbonyl (C=O) groups is 2. The van der Waals surface area contributed by atoms with Crippen LogP contribution >= 0.6 is 11.8 Å². The summed E-state index contributed by atoms with van der Waals surface area (Å²) in [5.41, 5.74) is 5.00. The summed E-state index contributed by atoms with van der Waals surface area (Å²) in [6.07, 6.45) is 0. The Morgan fingerprint density at radius 2 is 1.90 bits per heavy atom. The summed E-state index contributed by atoms with van der Waals surface area (Å²) in [5, 5.41) is 1.71. The molecule has 1 aromatic carbocycles. The SMILES string of the molecule is CC(C)[C@@H](Sc1ccc2c(c1)OCCO2)C(=O)NC(N)=O. The molecule has 0 aromatic heterocycles. The van der Waals surface area contributed by atoms with E-state index in [0.29, 0.717) is 24.7 Å². The molecule has 1 aromatic rings. The third-order valence-electron chi connectivity index (χ3n) is 2.89. The van der Waals surface area contributed by atoms with Gasteiger partial charge in [-0.3, -0.25) is 10.1 Å². The summed E-state index contributed by atoms with van der Waals surface area (Å²) >= 11 is 1.36. The van der Waals surface area contributed by atoms with Crippen LogP contribution in [0.2, 0.25) is 0 Å². The van der Waals surface area contributed by atoms with Gasteiger partial charge < -0.3 is 15.2 Å². The normalized spacial score (nSPS) is 14.6. The van der Waals surface area contributed by atoms with Crippen LogP contribution in [0, 0.1) is 5.92 Å². The summed E-state index contributed by atoms with van der Waals surface area (Å²) in [4.78, 5) is 23.7. The van der Waals surface area contributed by atoms with Crippen molar-refractivity contribution in [2.45, 2.75) is 24.0 Å². The first-order valence-corrected chi connectivity index (χ1v) is 7.52. The molecule has 0 bridgehead atoms. The van der Waals surface area contributed by atoms with Crippen molar-refractivity contribution in [3.8, 4) is 11.5 Å². The highest BCUT2D eigenvalue weighted by Crippen LogP contribution is 2.36. The number of fused-ring (bicyclic) bond motifs is 1. The maximum Gasteiger partial charge on any atom is 0.318 e. The zero-order chi connectivity index (χ0) is 15.4. The molecule has 2 rings (SSSR count). The van der Waals surface area contributed by atoms with Gasteiger partial charge in [0, 0.05) is 4.90 Å². The zero-order valence-electron chi connectivity index (χ0n) is 11.9. The number of benzene rings is 1. The van der Waals surface area contributed by atoms with Gasteiger partial charge >= 0.3 is 6.03 Å². The van der Waals surface area contributed by atoms with Crippen LogP contribution in [-0.4, -0.2) is 30.4 Å². The van der Waals surface area contributed by atoms with Gasteiger partial charge in [-0.25, -0.2) is 4.79 Å². The van der Waals surface area contributed by atoms with Crippen molar-refractivity contribution < 1.29 is 19.1 Å². The summed E-state index contributed by atoms with van der Waals surface area (Å²) in [7, 11) is 0. The lowest BCUT2D eigenvalue weighted by atomic mass is 10.1. The molecule has 0 saturated heterocycles. The van der Waals surface area contributed by atoms with E-state index in [1.807, 2.05) is 32.0 Å². The van der Waals surface area contributed by atoms with Crippen molar-refractivity contribution in [3.05, 3.63) is 18.2 Å². The van der Waals surface area contributed by atoms with E-state index in [2.05, 4.69) is 5.32 Å². The van der Waals surface area contributed by atoms with Gasteiger partial charge in [0.1, 0.15) is 13.2 Å². The Hall–Kier alpha value is -1.89. The van der Waals surface area contributed by atoms with Crippen LogP contribution in [0.25, 0.3) is 0 Å². The van der Waals surface area contributed by atoms with Crippen molar-refractivity contribution in [1.29, 1.82) is 0 Å². The third kappa shape index (κ3) is 4.04. The molecule has 1 aliphatic rings. The van der Waals surface area contributed by atoms with Crippen LogP contribution in [0.4, 0.5) is 4.79 Å². The standard InChI is InChI=1S/C14H18N2O4S/c1-8(2)12(13(17)16-14(15)18)21-9-3-4-10-11(7-9)20-6-5-19-10/h3-4,7-8,12H,5-6H2,1-2H3,(H3,15,16,17,18)/t12-/m1/s1. The highest BCUT2D eigenvalue weighted by atomic mass is 32.2. The van der Waals surface area contributed by atoms with Gasteiger partial charge in [0.15, 0.2) is 11.5 Å². The fourth-order valence-electron chi connectivity index (χ4n) is 1.93. The Morgan fingerprint density at radius 1 is 1.24 bits per heavy atom. The van der Waals surface area contributed by atoms with Crippen LogP contribution in [0.1, 0.15) is 13.8 Å². The number of hydrogen-bond acceptors (Lipinski definition) is 5. The van der Waals surface area contributed by atoms with Crippen LogP contribution in [0.15, 0.2) is 23.1 Å². The number of thioether (sulfide) groups is 1. The number of imide groups is 1. The monoisotopic (exact) mass is 310 g/mol. The molecule has 0 aliphatic carbocycles. The zero-order valence-corrected chi connectivity index (χ0v) is 12.7. The van der Waals surface area contributed by atoms with Crippen LogP contribution in [0.5, 0.6) is 11.5 Å². The second-order valence-corrected chi connectivity index (χ2v) is 6.16. The minimum atomic E-state index is -0.839. The summed E-state index contributed by atoms with van der Waals surface area (Å²) in [5.74, 6) is 1.03. The minimum Gasteiger partial charge on any atom is -0.486 e. The fraction of sp³-hybridized carbons (Fsp3) is 0.429.